The molecule has 2 aliphatic heterocycles. The van der Waals surface area contributed by atoms with Crippen LogP contribution < -0.4 is 4.74 Å². The first-order valence-corrected chi connectivity index (χ1v) is 9.06. The molecule has 1 aromatic carbocycles. The van der Waals surface area contributed by atoms with Gasteiger partial charge in [-0.15, -0.1) is 0 Å². The minimum Gasteiger partial charge on any atom is -0.487 e. The molecule has 0 aromatic heterocycles. The summed E-state index contributed by atoms with van der Waals surface area (Å²) in [4.78, 5) is 16.7. The fourth-order valence-electron chi connectivity index (χ4n) is 3.53. The van der Waals surface area contributed by atoms with Crippen molar-refractivity contribution in [3.05, 3.63) is 30.1 Å². The normalized spacial score (nSPS) is 20.0. The van der Waals surface area contributed by atoms with E-state index in [1.54, 1.807) is 12.1 Å². The number of benzene rings is 1. The van der Waals surface area contributed by atoms with Gasteiger partial charge in [0.15, 0.2) is 0 Å². The Morgan fingerprint density at radius 3 is 2.50 bits per heavy atom. The molecular weight excluding hydrogens is 307 g/mol. The van der Waals surface area contributed by atoms with Crippen LogP contribution in [0.25, 0.3) is 0 Å². The molecule has 2 saturated heterocycles. The lowest BCUT2D eigenvalue weighted by Crippen LogP contribution is -2.56. The molecule has 0 bridgehead atoms. The van der Waals surface area contributed by atoms with E-state index in [1.165, 1.54) is 25.1 Å². The van der Waals surface area contributed by atoms with Gasteiger partial charge in [0, 0.05) is 6.42 Å². The highest BCUT2D eigenvalue weighted by molar-refractivity contribution is 5.77. The highest BCUT2D eigenvalue weighted by atomic mass is 19.1. The number of carbonyl (C=O) groups excluding carboxylic acids is 1. The fraction of sp³-hybridized carbons (Fsp3) is 0.632. The van der Waals surface area contributed by atoms with Gasteiger partial charge >= 0.3 is 0 Å². The van der Waals surface area contributed by atoms with Gasteiger partial charge in [-0.1, -0.05) is 6.92 Å². The second-order valence-electron chi connectivity index (χ2n) is 6.98. The lowest BCUT2D eigenvalue weighted by molar-refractivity contribution is -0.141. The van der Waals surface area contributed by atoms with Gasteiger partial charge in [0.05, 0.1) is 13.1 Å². The van der Waals surface area contributed by atoms with Crippen LogP contribution in [0.4, 0.5) is 4.39 Å². The van der Waals surface area contributed by atoms with Gasteiger partial charge in [-0.2, -0.15) is 0 Å². The summed E-state index contributed by atoms with van der Waals surface area (Å²) >= 11 is 0. The molecule has 1 aromatic rings. The number of rotatable bonds is 6. The van der Waals surface area contributed by atoms with Crippen LogP contribution in [0.5, 0.6) is 5.75 Å². The predicted octanol–water partition coefficient (Wildman–Crippen LogP) is 2.93. The summed E-state index contributed by atoms with van der Waals surface area (Å²) < 4.78 is 18.6. The zero-order valence-electron chi connectivity index (χ0n) is 14.4. The largest absolute Gasteiger partial charge is 0.487 e. The first-order valence-electron chi connectivity index (χ1n) is 9.06. The molecule has 2 heterocycles. The Morgan fingerprint density at radius 2 is 1.88 bits per heavy atom. The molecule has 0 unspecified atom stereocenters. The molecule has 2 aliphatic rings. The monoisotopic (exact) mass is 334 g/mol. The SMILES string of the molecule is CCCN1CCC(CC(=O)N2CC(Oc3ccc(F)cc3)C2)CC1. The van der Waals surface area contributed by atoms with Crippen LogP contribution in [-0.4, -0.2) is 54.5 Å². The van der Waals surface area contributed by atoms with Crippen LogP contribution >= 0.6 is 0 Å². The summed E-state index contributed by atoms with van der Waals surface area (Å²) in [6.07, 6.45) is 4.17. The van der Waals surface area contributed by atoms with Gasteiger partial charge < -0.3 is 14.5 Å². The Balaban J connectivity index is 1.35. The Bertz CT molecular complexity index is 535. The third-order valence-electron chi connectivity index (χ3n) is 5.03. The maximum absolute atomic E-state index is 12.9. The summed E-state index contributed by atoms with van der Waals surface area (Å²) in [7, 11) is 0. The molecule has 132 valence electrons. The summed E-state index contributed by atoms with van der Waals surface area (Å²) in [5.74, 6) is 1.18. The molecule has 0 saturated carbocycles. The van der Waals surface area contributed by atoms with Crippen molar-refractivity contribution >= 4 is 5.91 Å². The van der Waals surface area contributed by atoms with Crippen molar-refractivity contribution in [2.45, 2.75) is 38.7 Å². The van der Waals surface area contributed by atoms with Crippen LogP contribution in [-0.2, 0) is 4.79 Å². The van der Waals surface area contributed by atoms with Crippen molar-refractivity contribution < 1.29 is 13.9 Å². The number of ether oxygens (including phenoxy) is 1. The quantitative estimate of drug-likeness (QED) is 0.802. The molecule has 24 heavy (non-hydrogen) atoms. The van der Waals surface area contributed by atoms with Crippen molar-refractivity contribution in [2.24, 2.45) is 5.92 Å². The van der Waals surface area contributed by atoms with Gasteiger partial charge in [-0.3, -0.25) is 4.79 Å². The van der Waals surface area contributed by atoms with E-state index in [-0.39, 0.29) is 17.8 Å². The molecule has 0 aliphatic carbocycles. The third-order valence-corrected chi connectivity index (χ3v) is 5.03. The van der Waals surface area contributed by atoms with Crippen LogP contribution in [0.1, 0.15) is 32.6 Å². The van der Waals surface area contributed by atoms with Crippen LogP contribution in [0.3, 0.4) is 0 Å². The average Bonchev–Trinajstić information content (AvgIpc) is 2.54. The third kappa shape index (κ3) is 4.47. The predicted molar refractivity (Wildman–Crippen MR) is 91.5 cm³/mol. The van der Waals surface area contributed by atoms with Crippen LogP contribution in [0.15, 0.2) is 24.3 Å². The molecule has 4 nitrogen and oxygen atoms in total. The van der Waals surface area contributed by atoms with Crippen molar-refractivity contribution in [1.82, 2.24) is 9.80 Å². The Labute approximate surface area is 143 Å². The van der Waals surface area contributed by atoms with E-state index in [4.69, 9.17) is 4.74 Å². The minimum atomic E-state index is -0.266. The van der Waals surface area contributed by atoms with Crippen molar-refractivity contribution in [1.29, 1.82) is 0 Å². The lowest BCUT2D eigenvalue weighted by Gasteiger charge is -2.40. The number of halogens is 1. The zero-order valence-corrected chi connectivity index (χ0v) is 14.4. The number of likely N-dealkylation sites (tertiary alicyclic amines) is 2. The van der Waals surface area contributed by atoms with E-state index >= 15 is 0 Å². The van der Waals surface area contributed by atoms with E-state index in [1.807, 2.05) is 4.90 Å². The Morgan fingerprint density at radius 1 is 1.21 bits per heavy atom. The number of hydrogen-bond donors (Lipinski definition) is 0. The molecule has 3 rings (SSSR count). The number of hydrogen-bond acceptors (Lipinski definition) is 3. The standard InChI is InChI=1S/C19H27FN2O2/c1-2-9-21-10-7-15(8-11-21)12-19(23)22-13-18(14-22)24-17-5-3-16(20)4-6-17/h3-6,15,18H,2,7-14H2,1H3. The van der Waals surface area contributed by atoms with Gasteiger partial charge in [0.25, 0.3) is 0 Å². The minimum absolute atomic E-state index is 0.0332. The van der Waals surface area contributed by atoms with E-state index < -0.39 is 0 Å². The number of piperidine rings is 1. The molecule has 0 radical (unpaired) electrons. The summed E-state index contributed by atoms with van der Waals surface area (Å²) in [5, 5.41) is 0. The maximum Gasteiger partial charge on any atom is 0.223 e. The van der Waals surface area contributed by atoms with E-state index in [0.717, 1.165) is 25.9 Å². The topological polar surface area (TPSA) is 32.8 Å². The molecule has 1 amide bonds. The first-order chi connectivity index (χ1) is 11.6. The van der Waals surface area contributed by atoms with Gasteiger partial charge in [0.1, 0.15) is 17.7 Å². The summed E-state index contributed by atoms with van der Waals surface area (Å²) in [5.41, 5.74) is 0. The zero-order chi connectivity index (χ0) is 16.9. The number of amides is 1. The summed E-state index contributed by atoms with van der Waals surface area (Å²) in [6, 6.07) is 6.04. The molecule has 0 N–H and O–H groups in total. The number of carbonyl (C=O) groups is 1. The van der Waals surface area contributed by atoms with Crippen molar-refractivity contribution in [3.8, 4) is 5.75 Å². The average molecular weight is 334 g/mol. The van der Waals surface area contributed by atoms with E-state index in [9.17, 15) is 9.18 Å². The fourth-order valence-corrected chi connectivity index (χ4v) is 3.53. The highest BCUT2D eigenvalue weighted by Crippen LogP contribution is 2.24. The maximum atomic E-state index is 12.9. The number of nitrogens with zero attached hydrogens (tertiary/aromatic N) is 2. The Hall–Kier alpha value is -1.62. The second kappa shape index (κ2) is 7.97. The summed E-state index contributed by atoms with van der Waals surface area (Å²) in [6.45, 7) is 6.93. The molecule has 0 atom stereocenters. The van der Waals surface area contributed by atoms with Gasteiger partial charge in [-0.05, 0) is 69.1 Å². The van der Waals surface area contributed by atoms with E-state index in [2.05, 4.69) is 11.8 Å². The smallest absolute Gasteiger partial charge is 0.223 e. The molecule has 2 fully saturated rings. The van der Waals surface area contributed by atoms with Crippen molar-refractivity contribution in [2.75, 3.05) is 32.7 Å². The highest BCUT2D eigenvalue weighted by Gasteiger charge is 2.33. The van der Waals surface area contributed by atoms with Crippen LogP contribution in [0.2, 0.25) is 0 Å². The molecular formula is C19H27FN2O2. The van der Waals surface area contributed by atoms with Crippen molar-refractivity contribution in [3.63, 3.8) is 0 Å². The second-order valence-corrected chi connectivity index (χ2v) is 6.98. The van der Waals surface area contributed by atoms with Gasteiger partial charge in [-0.25, -0.2) is 4.39 Å². The molecule has 0 spiro atoms. The molecule has 5 heteroatoms. The van der Waals surface area contributed by atoms with Gasteiger partial charge in [0.2, 0.25) is 5.91 Å². The first kappa shape index (κ1) is 17.2. The Kier molecular flexibility index (Phi) is 5.72. The van der Waals surface area contributed by atoms with Crippen LogP contribution in [0, 0.1) is 11.7 Å². The lowest BCUT2D eigenvalue weighted by atomic mass is 9.92. The van der Waals surface area contributed by atoms with E-state index in [0.29, 0.717) is 31.2 Å².